The van der Waals surface area contributed by atoms with Crippen LogP contribution in [-0.2, 0) is 6.18 Å². The fraction of sp³-hybridized carbons (Fsp3) is 0.500. The highest BCUT2D eigenvalue weighted by molar-refractivity contribution is 8.00. The highest BCUT2D eigenvalue weighted by Gasteiger charge is 2.42. The minimum atomic E-state index is -4.26. The molecule has 1 spiro atoms. The van der Waals surface area contributed by atoms with Crippen molar-refractivity contribution < 1.29 is 13.2 Å². The van der Waals surface area contributed by atoms with Gasteiger partial charge in [-0.05, 0) is 30.7 Å². The molecule has 0 atom stereocenters. The molecule has 0 aromatic heterocycles. The number of nitrogens with zero attached hydrogens (tertiary/aromatic N) is 1. The highest BCUT2D eigenvalue weighted by atomic mass is 32.2. The van der Waals surface area contributed by atoms with Crippen LogP contribution in [0.25, 0.3) is 6.08 Å². The van der Waals surface area contributed by atoms with Gasteiger partial charge in [-0.2, -0.15) is 24.9 Å². The standard InChI is InChI=1S/C16H18F3NS/c17-16(18,19)14-5-3-13(4-6-14)2-1-8-20-9-7-15(10-20)11-21-12-15/h1-6H,7-12H2/b2-1+. The van der Waals surface area contributed by atoms with Crippen LogP contribution >= 0.6 is 11.8 Å². The van der Waals surface area contributed by atoms with Crippen LogP contribution in [0, 0.1) is 5.41 Å². The average Bonchev–Trinajstić information content (AvgIpc) is 2.83. The van der Waals surface area contributed by atoms with Gasteiger partial charge in [0.15, 0.2) is 0 Å². The Hall–Kier alpha value is -0.940. The lowest BCUT2D eigenvalue weighted by molar-refractivity contribution is -0.137. The van der Waals surface area contributed by atoms with E-state index in [0.29, 0.717) is 5.41 Å². The van der Waals surface area contributed by atoms with Gasteiger partial charge in [-0.1, -0.05) is 24.3 Å². The summed E-state index contributed by atoms with van der Waals surface area (Å²) >= 11 is 2.02. The number of hydrogen-bond donors (Lipinski definition) is 0. The van der Waals surface area contributed by atoms with Gasteiger partial charge >= 0.3 is 6.18 Å². The highest BCUT2D eigenvalue weighted by Crippen LogP contribution is 2.44. The van der Waals surface area contributed by atoms with Crippen molar-refractivity contribution in [1.82, 2.24) is 4.90 Å². The fourth-order valence-corrected chi connectivity index (χ4v) is 4.18. The van der Waals surface area contributed by atoms with Gasteiger partial charge in [-0.15, -0.1) is 0 Å². The predicted molar refractivity (Wildman–Crippen MR) is 81.3 cm³/mol. The molecular weight excluding hydrogens is 295 g/mol. The number of likely N-dealkylation sites (tertiary alicyclic amines) is 1. The van der Waals surface area contributed by atoms with E-state index in [1.807, 2.05) is 23.9 Å². The summed E-state index contributed by atoms with van der Waals surface area (Å²) in [6.45, 7) is 3.18. The molecule has 2 fully saturated rings. The van der Waals surface area contributed by atoms with Gasteiger partial charge in [0, 0.05) is 30.0 Å². The number of benzene rings is 1. The molecule has 1 nitrogen and oxygen atoms in total. The van der Waals surface area contributed by atoms with E-state index in [0.717, 1.165) is 37.3 Å². The van der Waals surface area contributed by atoms with Crippen LogP contribution in [0.4, 0.5) is 13.2 Å². The zero-order chi connectivity index (χ0) is 14.9. The van der Waals surface area contributed by atoms with Crippen molar-refractivity contribution in [2.24, 2.45) is 5.41 Å². The summed E-state index contributed by atoms with van der Waals surface area (Å²) < 4.78 is 37.4. The first kappa shape index (κ1) is 15.0. The molecule has 2 saturated heterocycles. The Bertz CT molecular complexity index is 517. The van der Waals surface area contributed by atoms with E-state index < -0.39 is 11.7 Å². The average molecular weight is 313 g/mol. The van der Waals surface area contributed by atoms with Crippen molar-refractivity contribution in [2.45, 2.75) is 12.6 Å². The van der Waals surface area contributed by atoms with Crippen molar-refractivity contribution in [3.05, 3.63) is 41.5 Å². The molecule has 1 aromatic carbocycles. The van der Waals surface area contributed by atoms with Crippen molar-refractivity contribution >= 4 is 17.8 Å². The lowest BCUT2D eigenvalue weighted by Crippen LogP contribution is -2.38. The number of alkyl halides is 3. The number of thioether (sulfide) groups is 1. The Morgan fingerprint density at radius 1 is 1.19 bits per heavy atom. The second-order valence-electron chi connectivity index (χ2n) is 6.00. The lowest BCUT2D eigenvalue weighted by Gasteiger charge is -2.37. The van der Waals surface area contributed by atoms with E-state index in [1.165, 1.54) is 30.1 Å². The fourth-order valence-electron chi connectivity index (χ4n) is 2.93. The quantitative estimate of drug-likeness (QED) is 0.824. The smallest absolute Gasteiger partial charge is 0.299 e. The maximum Gasteiger partial charge on any atom is 0.416 e. The van der Waals surface area contributed by atoms with E-state index in [9.17, 15) is 13.2 Å². The molecule has 1 aromatic rings. The van der Waals surface area contributed by atoms with Crippen LogP contribution < -0.4 is 0 Å². The molecule has 0 N–H and O–H groups in total. The summed E-state index contributed by atoms with van der Waals surface area (Å²) in [6, 6.07) is 5.31. The Kier molecular flexibility index (Phi) is 4.06. The van der Waals surface area contributed by atoms with Crippen LogP contribution in [0.5, 0.6) is 0 Å². The molecule has 0 aliphatic carbocycles. The van der Waals surface area contributed by atoms with E-state index in [1.54, 1.807) is 0 Å². The monoisotopic (exact) mass is 313 g/mol. The minimum absolute atomic E-state index is 0.562. The first-order valence-corrected chi connectivity index (χ1v) is 8.26. The SMILES string of the molecule is FC(F)(F)c1ccc(/C=C/CN2CCC3(CSC3)C2)cc1. The summed E-state index contributed by atoms with van der Waals surface area (Å²) in [5.41, 5.74) is 0.784. The summed E-state index contributed by atoms with van der Waals surface area (Å²) in [5, 5.41) is 0. The Morgan fingerprint density at radius 2 is 1.90 bits per heavy atom. The van der Waals surface area contributed by atoms with E-state index in [-0.39, 0.29) is 0 Å². The molecule has 5 heteroatoms. The van der Waals surface area contributed by atoms with Crippen LogP contribution in [0.2, 0.25) is 0 Å². The van der Waals surface area contributed by atoms with Crippen LogP contribution in [0.1, 0.15) is 17.5 Å². The number of hydrogen-bond acceptors (Lipinski definition) is 2. The maximum absolute atomic E-state index is 12.5. The minimum Gasteiger partial charge on any atom is -0.299 e. The topological polar surface area (TPSA) is 3.24 Å². The van der Waals surface area contributed by atoms with Crippen LogP contribution in [0.15, 0.2) is 30.3 Å². The molecule has 0 amide bonds. The second-order valence-corrected chi connectivity index (χ2v) is 6.99. The van der Waals surface area contributed by atoms with E-state index >= 15 is 0 Å². The first-order valence-electron chi connectivity index (χ1n) is 7.11. The second kappa shape index (κ2) is 5.69. The summed E-state index contributed by atoms with van der Waals surface area (Å²) in [7, 11) is 0. The number of rotatable bonds is 3. The van der Waals surface area contributed by atoms with E-state index in [2.05, 4.69) is 4.90 Å². The van der Waals surface area contributed by atoms with Crippen LogP contribution in [0.3, 0.4) is 0 Å². The molecule has 0 unspecified atom stereocenters. The van der Waals surface area contributed by atoms with Gasteiger partial charge in [0.2, 0.25) is 0 Å². The molecule has 2 heterocycles. The molecule has 2 aliphatic rings. The third kappa shape index (κ3) is 3.46. The zero-order valence-electron chi connectivity index (χ0n) is 11.7. The molecule has 0 saturated carbocycles. The van der Waals surface area contributed by atoms with Crippen molar-refractivity contribution in [2.75, 3.05) is 31.1 Å². The third-order valence-electron chi connectivity index (χ3n) is 4.25. The van der Waals surface area contributed by atoms with Gasteiger partial charge in [-0.3, -0.25) is 4.90 Å². The third-order valence-corrected chi connectivity index (χ3v) is 5.88. The molecule has 0 bridgehead atoms. The molecule has 3 rings (SSSR count). The summed E-state index contributed by atoms with van der Waals surface area (Å²) in [6.07, 6.45) is 0.981. The summed E-state index contributed by atoms with van der Waals surface area (Å²) in [5.74, 6) is 2.57. The van der Waals surface area contributed by atoms with Gasteiger partial charge in [0.1, 0.15) is 0 Å². The zero-order valence-corrected chi connectivity index (χ0v) is 12.5. The van der Waals surface area contributed by atoms with Gasteiger partial charge in [-0.25, -0.2) is 0 Å². The van der Waals surface area contributed by atoms with Crippen molar-refractivity contribution in [3.8, 4) is 0 Å². The van der Waals surface area contributed by atoms with Crippen molar-refractivity contribution in [1.29, 1.82) is 0 Å². The molecule has 21 heavy (non-hydrogen) atoms. The largest absolute Gasteiger partial charge is 0.416 e. The van der Waals surface area contributed by atoms with E-state index in [4.69, 9.17) is 0 Å². The predicted octanol–water partition coefficient (Wildman–Crippen LogP) is 4.16. The van der Waals surface area contributed by atoms with Gasteiger partial charge < -0.3 is 0 Å². The molecule has 0 radical (unpaired) electrons. The van der Waals surface area contributed by atoms with Gasteiger partial charge in [0.25, 0.3) is 0 Å². The molecule has 114 valence electrons. The Morgan fingerprint density at radius 3 is 2.43 bits per heavy atom. The normalized spacial score (nSPS) is 22.0. The lowest BCUT2D eigenvalue weighted by atomic mass is 9.91. The van der Waals surface area contributed by atoms with Crippen molar-refractivity contribution in [3.63, 3.8) is 0 Å². The molecular formula is C16H18F3NS. The van der Waals surface area contributed by atoms with Crippen LogP contribution in [-0.4, -0.2) is 36.0 Å². The Labute approximate surface area is 127 Å². The molecule has 2 aliphatic heterocycles. The van der Waals surface area contributed by atoms with Gasteiger partial charge in [0.05, 0.1) is 5.56 Å². The summed E-state index contributed by atoms with van der Waals surface area (Å²) in [4.78, 5) is 2.43. The number of halogens is 3. The maximum atomic E-state index is 12.5. The Balaban J connectivity index is 1.52. The first-order chi connectivity index (χ1) is 9.97.